The van der Waals surface area contributed by atoms with Crippen LogP contribution < -0.4 is 10.9 Å². The van der Waals surface area contributed by atoms with Crippen LogP contribution in [0.4, 0.5) is 0 Å². The Labute approximate surface area is 74.2 Å². The van der Waals surface area contributed by atoms with Crippen molar-refractivity contribution in [2.24, 2.45) is 0 Å². The van der Waals surface area contributed by atoms with Gasteiger partial charge in [-0.15, -0.1) is 0 Å². The molecule has 0 heterocycles. The molecule has 0 saturated heterocycles. The Hall–Kier alpha value is -0.830. The van der Waals surface area contributed by atoms with E-state index in [9.17, 15) is 4.79 Å². The molecular formula is C9H18N2O. The maximum Gasteiger partial charge on any atom is 0.260 e. The van der Waals surface area contributed by atoms with Crippen LogP contribution in [0.2, 0.25) is 0 Å². The van der Waals surface area contributed by atoms with Crippen molar-refractivity contribution in [3.8, 4) is 0 Å². The summed E-state index contributed by atoms with van der Waals surface area (Å²) in [5.41, 5.74) is 7.28. The maximum absolute atomic E-state index is 11.2. The van der Waals surface area contributed by atoms with Crippen LogP contribution in [-0.2, 0) is 4.79 Å². The molecule has 0 unspecified atom stereocenters. The van der Waals surface area contributed by atoms with Crippen LogP contribution >= 0.6 is 0 Å². The Kier molecular flexibility index (Phi) is 5.37. The number of amides is 1. The first-order valence-electron chi connectivity index (χ1n) is 4.26. The molecule has 3 heteroatoms. The van der Waals surface area contributed by atoms with Gasteiger partial charge in [-0.25, -0.2) is 5.43 Å². The Balaban J connectivity index is 3.81. The second-order valence-corrected chi connectivity index (χ2v) is 3.01. The summed E-state index contributed by atoms with van der Waals surface area (Å²) in [6.07, 6.45) is 1.01. The fourth-order valence-corrected chi connectivity index (χ4v) is 0.589. The van der Waals surface area contributed by atoms with E-state index >= 15 is 0 Å². The first-order valence-corrected chi connectivity index (χ1v) is 4.26. The lowest BCUT2D eigenvalue weighted by Gasteiger charge is -2.06. The molecule has 0 radical (unpaired) electrons. The lowest BCUT2D eigenvalue weighted by atomic mass is 10.2. The predicted molar refractivity (Wildman–Crippen MR) is 50.5 cm³/mol. The van der Waals surface area contributed by atoms with Gasteiger partial charge in [-0.3, -0.25) is 10.2 Å². The van der Waals surface area contributed by atoms with E-state index in [-0.39, 0.29) is 5.91 Å². The molecule has 12 heavy (non-hydrogen) atoms. The highest BCUT2D eigenvalue weighted by atomic mass is 16.2. The van der Waals surface area contributed by atoms with Crippen molar-refractivity contribution in [3.63, 3.8) is 0 Å². The molecule has 0 aliphatic rings. The van der Waals surface area contributed by atoms with Gasteiger partial charge in [0.05, 0.1) is 0 Å². The molecule has 0 aliphatic heterocycles. The molecule has 3 nitrogen and oxygen atoms in total. The van der Waals surface area contributed by atoms with Crippen molar-refractivity contribution in [1.29, 1.82) is 0 Å². The Morgan fingerprint density at radius 2 is 1.83 bits per heavy atom. The normalized spacial score (nSPS) is 9.33. The Bertz CT molecular complexity index is 181. The largest absolute Gasteiger partial charge is 0.288 e. The Morgan fingerprint density at radius 3 is 2.25 bits per heavy atom. The summed E-state index contributed by atoms with van der Waals surface area (Å²) in [5, 5.41) is 0. The molecule has 70 valence electrons. The SMILES string of the molecule is CCCNNC(=O)C(C)=C(C)C. The monoisotopic (exact) mass is 170 g/mol. The van der Waals surface area contributed by atoms with Gasteiger partial charge in [-0.1, -0.05) is 12.5 Å². The summed E-state index contributed by atoms with van der Waals surface area (Å²) in [4.78, 5) is 11.2. The molecule has 0 bridgehead atoms. The van der Waals surface area contributed by atoms with Gasteiger partial charge in [-0.2, -0.15) is 0 Å². The lowest BCUT2D eigenvalue weighted by molar-refractivity contribution is -0.118. The van der Waals surface area contributed by atoms with E-state index in [0.717, 1.165) is 24.1 Å². The molecular weight excluding hydrogens is 152 g/mol. The minimum Gasteiger partial charge on any atom is -0.288 e. The Morgan fingerprint density at radius 1 is 1.25 bits per heavy atom. The average molecular weight is 170 g/mol. The van der Waals surface area contributed by atoms with Crippen molar-refractivity contribution < 1.29 is 4.79 Å². The van der Waals surface area contributed by atoms with Crippen LogP contribution in [0, 0.1) is 0 Å². The highest BCUT2D eigenvalue weighted by Gasteiger charge is 2.02. The van der Waals surface area contributed by atoms with E-state index in [1.165, 1.54) is 0 Å². The molecule has 0 fully saturated rings. The fourth-order valence-electron chi connectivity index (χ4n) is 0.589. The van der Waals surface area contributed by atoms with Gasteiger partial charge in [0, 0.05) is 12.1 Å². The standard InChI is InChI=1S/C9H18N2O/c1-5-6-10-11-9(12)8(4)7(2)3/h10H,5-6H2,1-4H3,(H,11,12). The van der Waals surface area contributed by atoms with Crippen molar-refractivity contribution in [1.82, 2.24) is 10.9 Å². The maximum atomic E-state index is 11.2. The van der Waals surface area contributed by atoms with E-state index in [0.29, 0.717) is 0 Å². The zero-order valence-corrected chi connectivity index (χ0v) is 8.32. The van der Waals surface area contributed by atoms with Gasteiger partial charge in [0.25, 0.3) is 5.91 Å². The summed E-state index contributed by atoms with van der Waals surface area (Å²) in [5.74, 6) is -0.0385. The van der Waals surface area contributed by atoms with E-state index in [2.05, 4.69) is 10.9 Å². The summed E-state index contributed by atoms with van der Waals surface area (Å²) in [6.45, 7) is 8.52. The van der Waals surface area contributed by atoms with E-state index in [4.69, 9.17) is 0 Å². The zero-order chi connectivity index (χ0) is 9.56. The molecule has 0 rings (SSSR count). The number of hydrogen-bond donors (Lipinski definition) is 2. The number of hydrazine groups is 1. The summed E-state index contributed by atoms with van der Waals surface area (Å²) in [6, 6.07) is 0. The zero-order valence-electron chi connectivity index (χ0n) is 8.32. The smallest absolute Gasteiger partial charge is 0.260 e. The molecule has 0 aliphatic carbocycles. The quantitative estimate of drug-likeness (QED) is 0.380. The second kappa shape index (κ2) is 5.77. The highest BCUT2D eigenvalue weighted by molar-refractivity contribution is 5.92. The van der Waals surface area contributed by atoms with Crippen LogP contribution in [0.15, 0.2) is 11.1 Å². The van der Waals surface area contributed by atoms with Gasteiger partial charge < -0.3 is 0 Å². The summed E-state index contributed by atoms with van der Waals surface area (Å²) >= 11 is 0. The first-order chi connectivity index (χ1) is 5.59. The van der Waals surface area contributed by atoms with Crippen LogP contribution in [0.3, 0.4) is 0 Å². The van der Waals surface area contributed by atoms with Gasteiger partial charge in [-0.05, 0) is 27.2 Å². The minimum absolute atomic E-state index is 0.0385. The topological polar surface area (TPSA) is 41.1 Å². The van der Waals surface area contributed by atoms with E-state index in [1.807, 2.05) is 27.7 Å². The predicted octanol–water partition coefficient (Wildman–Crippen LogP) is 1.37. The molecule has 0 aromatic rings. The average Bonchev–Trinajstić information content (AvgIpc) is 2.03. The summed E-state index contributed by atoms with van der Waals surface area (Å²) < 4.78 is 0. The fraction of sp³-hybridized carbons (Fsp3) is 0.667. The highest BCUT2D eigenvalue weighted by Crippen LogP contribution is 2.00. The summed E-state index contributed by atoms with van der Waals surface area (Å²) in [7, 11) is 0. The third kappa shape index (κ3) is 4.13. The molecule has 0 spiro atoms. The van der Waals surface area contributed by atoms with E-state index < -0.39 is 0 Å². The molecule has 1 amide bonds. The molecule has 0 atom stereocenters. The third-order valence-corrected chi connectivity index (χ3v) is 1.67. The van der Waals surface area contributed by atoms with Crippen LogP contribution in [0.25, 0.3) is 0 Å². The van der Waals surface area contributed by atoms with Gasteiger partial charge >= 0.3 is 0 Å². The van der Waals surface area contributed by atoms with Gasteiger partial charge in [0.15, 0.2) is 0 Å². The number of carbonyl (C=O) groups excluding carboxylic acids is 1. The number of hydrogen-bond acceptors (Lipinski definition) is 2. The number of carbonyl (C=O) groups is 1. The molecule has 0 saturated carbocycles. The van der Waals surface area contributed by atoms with Gasteiger partial charge in [0.1, 0.15) is 0 Å². The van der Waals surface area contributed by atoms with E-state index in [1.54, 1.807) is 0 Å². The van der Waals surface area contributed by atoms with Crippen molar-refractivity contribution in [2.75, 3.05) is 6.54 Å². The molecule has 0 aromatic heterocycles. The minimum atomic E-state index is -0.0385. The van der Waals surface area contributed by atoms with Crippen molar-refractivity contribution >= 4 is 5.91 Å². The van der Waals surface area contributed by atoms with Gasteiger partial charge in [0.2, 0.25) is 0 Å². The number of allylic oxidation sites excluding steroid dienone is 1. The lowest BCUT2D eigenvalue weighted by Crippen LogP contribution is -2.38. The van der Waals surface area contributed by atoms with Crippen molar-refractivity contribution in [2.45, 2.75) is 34.1 Å². The molecule has 0 aromatic carbocycles. The third-order valence-electron chi connectivity index (χ3n) is 1.67. The number of rotatable bonds is 4. The second-order valence-electron chi connectivity index (χ2n) is 3.01. The molecule has 2 N–H and O–H groups in total. The van der Waals surface area contributed by atoms with Crippen LogP contribution in [0.5, 0.6) is 0 Å². The first kappa shape index (κ1) is 11.2. The van der Waals surface area contributed by atoms with Crippen LogP contribution in [-0.4, -0.2) is 12.5 Å². The van der Waals surface area contributed by atoms with Crippen molar-refractivity contribution in [3.05, 3.63) is 11.1 Å². The number of nitrogens with one attached hydrogen (secondary N) is 2. The van der Waals surface area contributed by atoms with Crippen LogP contribution in [0.1, 0.15) is 34.1 Å².